The SMILES string of the molecule is CC.CCc1ccc(-c2ccccc2C(C)CC)c(C)c1.Cc1ccc2c(c1)C(C)(C)c1cc(C)c3ccccc3c1-2.Cc1ccc2c(c1)C(C)Cc1ccccc1-2.Cc1ccccc1C.Cc1ccccc1C. The third-order valence-corrected chi connectivity index (χ3v) is 15.6. The van der Waals surface area contributed by atoms with E-state index in [0.717, 1.165) is 6.42 Å². The molecule has 74 heavy (non-hydrogen) atoms. The molecule has 2 aliphatic carbocycles. The van der Waals surface area contributed by atoms with Crippen LogP contribution in [0, 0.1) is 55.4 Å². The van der Waals surface area contributed by atoms with Gasteiger partial charge in [0.15, 0.2) is 0 Å². The van der Waals surface area contributed by atoms with Crippen LogP contribution < -0.4 is 0 Å². The minimum Gasteiger partial charge on any atom is -0.0683 e. The smallest absolute Gasteiger partial charge is 0.0159 e. The molecule has 0 nitrogen and oxygen atoms in total. The Balaban J connectivity index is 0.000000156. The Morgan fingerprint density at radius 2 is 0.946 bits per heavy atom. The summed E-state index contributed by atoms with van der Waals surface area (Å²) in [7, 11) is 0. The molecule has 0 bridgehead atoms. The molecular formula is C74H86. The van der Waals surface area contributed by atoms with Gasteiger partial charge in [-0.15, -0.1) is 0 Å². The molecule has 9 aromatic rings. The zero-order valence-corrected chi connectivity index (χ0v) is 48.1. The van der Waals surface area contributed by atoms with E-state index in [1.165, 1.54) is 135 Å². The third-order valence-electron chi connectivity index (χ3n) is 15.6. The van der Waals surface area contributed by atoms with Crippen LogP contribution in [-0.4, -0.2) is 0 Å². The van der Waals surface area contributed by atoms with Crippen molar-refractivity contribution in [1.82, 2.24) is 0 Å². The summed E-state index contributed by atoms with van der Waals surface area (Å²) < 4.78 is 0. The largest absolute Gasteiger partial charge is 0.0683 e. The summed E-state index contributed by atoms with van der Waals surface area (Å²) in [5, 5.41) is 2.77. The Hall–Kier alpha value is -6.76. The highest BCUT2D eigenvalue weighted by atomic mass is 14.4. The molecule has 0 N–H and O–H groups in total. The fraction of sp³-hybridized carbons (Fsp3) is 0.297. The van der Waals surface area contributed by atoms with Gasteiger partial charge < -0.3 is 0 Å². The Morgan fingerprint density at radius 3 is 1.51 bits per heavy atom. The van der Waals surface area contributed by atoms with Crippen LogP contribution in [-0.2, 0) is 18.3 Å². The minimum atomic E-state index is 0.0888. The molecule has 0 aliphatic heterocycles. The van der Waals surface area contributed by atoms with Gasteiger partial charge in [-0.2, -0.15) is 0 Å². The number of aryl methyl sites for hydroxylation is 9. The Kier molecular flexibility index (Phi) is 19.8. The molecule has 0 radical (unpaired) electrons. The Bertz CT molecular complexity index is 3200. The van der Waals surface area contributed by atoms with E-state index in [9.17, 15) is 0 Å². The molecule has 0 fully saturated rings. The number of rotatable bonds is 4. The van der Waals surface area contributed by atoms with Crippen LogP contribution in [0.4, 0.5) is 0 Å². The third kappa shape index (κ3) is 13.1. The highest BCUT2D eigenvalue weighted by molar-refractivity contribution is 6.03. The first-order chi connectivity index (χ1) is 35.5. The molecule has 382 valence electrons. The predicted molar refractivity (Wildman–Crippen MR) is 328 cm³/mol. The van der Waals surface area contributed by atoms with Crippen molar-refractivity contribution < 1.29 is 0 Å². The van der Waals surface area contributed by atoms with Crippen molar-refractivity contribution in [2.45, 2.75) is 147 Å². The quantitative estimate of drug-likeness (QED) is 0.165. The van der Waals surface area contributed by atoms with E-state index in [1.807, 2.05) is 13.8 Å². The lowest BCUT2D eigenvalue weighted by Crippen LogP contribution is -2.15. The van der Waals surface area contributed by atoms with Crippen LogP contribution in [0.15, 0.2) is 182 Å². The summed E-state index contributed by atoms with van der Waals surface area (Å²) in [6.45, 7) is 35.1. The monoisotopic (exact) mass is 975 g/mol. The second-order valence-electron chi connectivity index (χ2n) is 21.3. The van der Waals surface area contributed by atoms with E-state index in [2.05, 4.69) is 279 Å². The van der Waals surface area contributed by atoms with Gasteiger partial charge in [0, 0.05) is 5.41 Å². The van der Waals surface area contributed by atoms with E-state index in [1.54, 1.807) is 0 Å². The van der Waals surface area contributed by atoms with Crippen LogP contribution >= 0.6 is 0 Å². The van der Waals surface area contributed by atoms with Gasteiger partial charge in [0.1, 0.15) is 0 Å². The normalized spacial score (nSPS) is 13.4. The molecule has 0 spiro atoms. The van der Waals surface area contributed by atoms with E-state index < -0.39 is 0 Å². The van der Waals surface area contributed by atoms with E-state index in [-0.39, 0.29) is 5.41 Å². The maximum Gasteiger partial charge on any atom is 0.0159 e. The fourth-order valence-electron chi connectivity index (χ4n) is 10.6. The highest BCUT2D eigenvalue weighted by Crippen LogP contribution is 2.52. The number of benzene rings is 9. The second-order valence-corrected chi connectivity index (χ2v) is 21.3. The van der Waals surface area contributed by atoms with Crippen molar-refractivity contribution in [3.05, 3.63) is 260 Å². The summed E-state index contributed by atoms with van der Waals surface area (Å²) in [6.07, 6.45) is 3.46. The first-order valence-electron chi connectivity index (χ1n) is 27.6. The molecule has 0 heteroatoms. The molecule has 0 saturated heterocycles. The van der Waals surface area contributed by atoms with Crippen LogP contribution in [0.2, 0.25) is 0 Å². The van der Waals surface area contributed by atoms with Crippen LogP contribution in [0.25, 0.3) is 44.2 Å². The zero-order chi connectivity index (χ0) is 53.7. The molecule has 2 atom stereocenters. The van der Waals surface area contributed by atoms with Gasteiger partial charge in [0.2, 0.25) is 0 Å². The van der Waals surface area contributed by atoms with Gasteiger partial charge in [0.25, 0.3) is 0 Å². The van der Waals surface area contributed by atoms with Crippen LogP contribution in [0.1, 0.15) is 152 Å². The average molecular weight is 976 g/mol. The van der Waals surface area contributed by atoms with Crippen molar-refractivity contribution in [2.24, 2.45) is 0 Å². The molecule has 0 aromatic heterocycles. The van der Waals surface area contributed by atoms with Gasteiger partial charge in [-0.1, -0.05) is 249 Å². The van der Waals surface area contributed by atoms with Crippen molar-refractivity contribution in [3.63, 3.8) is 0 Å². The molecule has 0 amide bonds. The summed E-state index contributed by atoms with van der Waals surface area (Å²) in [6, 6.07) is 66.1. The Morgan fingerprint density at radius 1 is 0.446 bits per heavy atom. The van der Waals surface area contributed by atoms with Gasteiger partial charge in [-0.05, 0) is 197 Å². The van der Waals surface area contributed by atoms with Gasteiger partial charge in [0.05, 0.1) is 0 Å². The molecule has 9 aromatic carbocycles. The summed E-state index contributed by atoms with van der Waals surface area (Å²) in [4.78, 5) is 0. The van der Waals surface area contributed by atoms with Crippen molar-refractivity contribution in [3.8, 4) is 33.4 Å². The number of hydrogen-bond donors (Lipinski definition) is 0. The van der Waals surface area contributed by atoms with E-state index >= 15 is 0 Å². The van der Waals surface area contributed by atoms with Crippen LogP contribution in [0.5, 0.6) is 0 Å². The summed E-state index contributed by atoms with van der Waals surface area (Å²) in [5.74, 6) is 1.26. The van der Waals surface area contributed by atoms with Gasteiger partial charge in [-0.3, -0.25) is 0 Å². The second kappa shape index (κ2) is 25.9. The highest BCUT2D eigenvalue weighted by Gasteiger charge is 2.36. The molecule has 11 rings (SSSR count). The van der Waals surface area contributed by atoms with Gasteiger partial charge in [-0.25, -0.2) is 0 Å². The maximum atomic E-state index is 2.40. The lowest BCUT2D eigenvalue weighted by molar-refractivity contribution is 0.659. The minimum absolute atomic E-state index is 0.0888. The zero-order valence-electron chi connectivity index (χ0n) is 48.1. The van der Waals surface area contributed by atoms with Crippen LogP contribution in [0.3, 0.4) is 0 Å². The molecular weight excluding hydrogens is 889 g/mol. The Labute approximate surface area is 449 Å². The topological polar surface area (TPSA) is 0 Å². The number of fused-ring (bicyclic) bond motifs is 8. The lowest BCUT2D eigenvalue weighted by Gasteiger charge is -2.25. The summed E-state index contributed by atoms with van der Waals surface area (Å²) in [5.41, 5.74) is 28.4. The van der Waals surface area contributed by atoms with E-state index in [0.29, 0.717) is 11.8 Å². The maximum absolute atomic E-state index is 2.40. The molecule has 0 heterocycles. The van der Waals surface area contributed by atoms with Gasteiger partial charge >= 0.3 is 0 Å². The summed E-state index contributed by atoms with van der Waals surface area (Å²) >= 11 is 0. The first-order valence-corrected chi connectivity index (χ1v) is 27.6. The first kappa shape index (κ1) is 56.5. The lowest BCUT2D eigenvalue weighted by atomic mass is 9.79. The fourth-order valence-corrected chi connectivity index (χ4v) is 10.6. The number of hydrogen-bond acceptors (Lipinski definition) is 0. The van der Waals surface area contributed by atoms with E-state index in [4.69, 9.17) is 0 Å². The predicted octanol–water partition coefficient (Wildman–Crippen LogP) is 21.5. The van der Waals surface area contributed by atoms with Crippen molar-refractivity contribution >= 4 is 10.8 Å². The molecule has 2 unspecified atom stereocenters. The van der Waals surface area contributed by atoms with Crippen molar-refractivity contribution in [1.29, 1.82) is 0 Å². The molecule has 0 saturated carbocycles. The van der Waals surface area contributed by atoms with Crippen molar-refractivity contribution in [2.75, 3.05) is 0 Å². The molecule has 2 aliphatic rings. The standard InChI is InChI=1S/C21H20.C19H24.C16H16.2C8H10.C2H6/c1-13-9-10-17-18(11-13)21(3,4)19-12-14(2)15-7-5-6-8-16(15)20(17)19;1-5-14(3)17-9-7-8-10-19(17)18-12-11-16(6-2)13-15(18)4;1-11-7-8-15-14-6-4-3-5-13(14)10-12(2)16(15)9-11;2*1-7-5-3-4-6-8(7)2;1-2/h5-12H,1-4H3;7-14H,5-6H2,1-4H3;3-9,12H,10H2,1-2H3;2*3-6H,1-2H3;1-2H3. The average Bonchev–Trinajstić information content (AvgIpc) is 3.63.